The average Bonchev–Trinajstić information content (AvgIpc) is 3.86. The lowest BCUT2D eigenvalue weighted by Gasteiger charge is -2.40. The highest BCUT2D eigenvalue weighted by Gasteiger charge is 2.47. The van der Waals surface area contributed by atoms with Crippen molar-refractivity contribution in [2.24, 2.45) is 0 Å². The molecule has 2 aliphatic rings. The summed E-state index contributed by atoms with van der Waals surface area (Å²) in [7, 11) is 0. The van der Waals surface area contributed by atoms with Crippen molar-refractivity contribution in [3.8, 4) is 27.9 Å². The van der Waals surface area contributed by atoms with Crippen LogP contribution in [0.25, 0.3) is 60.7 Å². The second-order valence-corrected chi connectivity index (χ2v) is 16.2. The van der Waals surface area contributed by atoms with Gasteiger partial charge in [0.25, 0.3) is 0 Å². The van der Waals surface area contributed by atoms with Gasteiger partial charge in [0, 0.05) is 50.2 Å². The second kappa shape index (κ2) is 14.0. The summed E-state index contributed by atoms with van der Waals surface area (Å²) in [6.07, 6.45) is 4.78. The molecule has 8 aromatic carbocycles. The van der Waals surface area contributed by atoms with Crippen LogP contribution in [0.15, 0.2) is 192 Å². The zero-order chi connectivity index (χ0) is 39.7. The van der Waals surface area contributed by atoms with E-state index in [2.05, 4.69) is 209 Å². The molecule has 0 radical (unpaired) electrons. The van der Waals surface area contributed by atoms with Gasteiger partial charge >= 0.3 is 6.85 Å². The number of unbranched alkanes of at least 4 members (excludes halogenated alkanes) is 2. The van der Waals surface area contributed by atoms with Crippen LogP contribution in [-0.4, -0.2) is 11.4 Å². The summed E-state index contributed by atoms with van der Waals surface area (Å²) >= 11 is 0. The molecule has 0 unspecified atom stereocenters. The molecule has 4 heterocycles. The van der Waals surface area contributed by atoms with Crippen LogP contribution in [0.4, 0.5) is 28.4 Å². The van der Waals surface area contributed by atoms with Crippen molar-refractivity contribution in [1.82, 2.24) is 4.57 Å². The van der Waals surface area contributed by atoms with Crippen molar-refractivity contribution >= 4 is 79.2 Å². The zero-order valence-electron chi connectivity index (χ0n) is 33.6. The minimum Gasteiger partial charge on any atom is -0.466 e. The van der Waals surface area contributed by atoms with E-state index in [1.54, 1.807) is 0 Å². The van der Waals surface area contributed by atoms with E-state index in [0.29, 0.717) is 0 Å². The van der Waals surface area contributed by atoms with Crippen molar-refractivity contribution in [2.45, 2.75) is 32.6 Å². The fourth-order valence-electron chi connectivity index (χ4n) is 10.1. The molecular formula is C55H42BN3O. The highest BCUT2D eigenvalue weighted by Crippen LogP contribution is 2.49. The van der Waals surface area contributed by atoms with Gasteiger partial charge in [-0.15, -0.1) is 0 Å². The number of anilines is 5. The number of hydrogen-bond acceptors (Lipinski definition) is 3. The van der Waals surface area contributed by atoms with Crippen molar-refractivity contribution in [3.05, 3.63) is 194 Å². The number of para-hydroxylation sites is 4. The Labute approximate surface area is 350 Å². The van der Waals surface area contributed by atoms with E-state index in [0.717, 1.165) is 51.5 Å². The molecular weight excluding hydrogens is 729 g/mol. The lowest BCUT2D eigenvalue weighted by Crippen LogP contribution is -2.60. The third kappa shape index (κ3) is 5.25. The molecule has 2 aromatic heterocycles. The second-order valence-electron chi connectivity index (χ2n) is 16.2. The first-order valence-electron chi connectivity index (χ1n) is 21.4. The van der Waals surface area contributed by atoms with Crippen LogP contribution in [0.1, 0.15) is 31.7 Å². The minimum atomic E-state index is -0.213. The lowest BCUT2D eigenvalue weighted by atomic mass is 9.46. The number of nitrogens with zero attached hydrogens (tertiary/aromatic N) is 3. The van der Waals surface area contributed by atoms with Gasteiger partial charge in [-0.3, -0.25) is 0 Å². The number of rotatable bonds is 9. The molecule has 286 valence electrons. The third-order valence-electron chi connectivity index (χ3n) is 12.8. The van der Waals surface area contributed by atoms with Gasteiger partial charge in [-0.2, -0.15) is 0 Å². The fraction of sp³-hybridized carbons (Fsp3) is 0.0909. The summed E-state index contributed by atoms with van der Waals surface area (Å²) < 4.78 is 9.86. The van der Waals surface area contributed by atoms with Crippen LogP contribution in [0.2, 0.25) is 0 Å². The molecule has 2 aliphatic heterocycles. The molecule has 0 bridgehead atoms. The molecule has 0 amide bonds. The quantitative estimate of drug-likeness (QED) is 0.108. The van der Waals surface area contributed by atoms with Crippen LogP contribution >= 0.6 is 0 Å². The van der Waals surface area contributed by atoms with Gasteiger partial charge in [0.15, 0.2) is 0 Å². The predicted octanol–water partition coefficient (Wildman–Crippen LogP) is 13.6. The standard InChI is InChI=1S/C55H42BN3O/c1-2-3-7-18-37-29-31-41(32-30-37)59-49-28-17-14-25-43(49)46-36-45(38-19-8-4-9-20-38)51-44-26-15-16-27-48(44)58-53-47-35-42(33-34-50(47)60-55(53)56(59)52(46)54(51)58)57(39-21-10-5-11-22-39)40-23-12-6-13-24-40/h4-6,8-17,19-36H,2-3,7,18H2,1H3. The minimum absolute atomic E-state index is 0.213. The van der Waals surface area contributed by atoms with Gasteiger partial charge < -0.3 is 18.7 Å². The third-order valence-corrected chi connectivity index (χ3v) is 12.8. The summed E-state index contributed by atoms with van der Waals surface area (Å²) in [5.41, 5.74) is 18.6. The van der Waals surface area contributed by atoms with E-state index >= 15 is 0 Å². The lowest BCUT2D eigenvalue weighted by molar-refractivity contribution is 0.648. The summed E-state index contributed by atoms with van der Waals surface area (Å²) in [6.45, 7) is 2.06. The van der Waals surface area contributed by atoms with Gasteiger partial charge in [-0.25, -0.2) is 0 Å². The van der Waals surface area contributed by atoms with Crippen molar-refractivity contribution in [3.63, 3.8) is 0 Å². The largest absolute Gasteiger partial charge is 0.466 e. The highest BCUT2D eigenvalue weighted by molar-refractivity contribution is 6.93. The number of aromatic nitrogens is 1. The molecule has 0 saturated heterocycles. The SMILES string of the molecule is CCCCCc1ccc(N2B3c4oc5ccc(N(c6ccccc6)c6ccccc6)cc5c4-n4c5ccccc5c5c(-c6ccccc6)cc(c3c54)-c3ccccc32)cc1. The first-order valence-corrected chi connectivity index (χ1v) is 21.4. The monoisotopic (exact) mass is 771 g/mol. The molecule has 0 saturated carbocycles. The Bertz CT molecular complexity index is 3190. The first-order chi connectivity index (χ1) is 29.8. The van der Waals surface area contributed by atoms with E-state index in [1.807, 2.05) is 0 Å². The van der Waals surface area contributed by atoms with Gasteiger partial charge in [0.2, 0.25) is 0 Å². The zero-order valence-corrected chi connectivity index (χ0v) is 33.6. The van der Waals surface area contributed by atoms with E-state index in [1.165, 1.54) is 80.0 Å². The van der Waals surface area contributed by atoms with Gasteiger partial charge in [0.1, 0.15) is 11.2 Å². The van der Waals surface area contributed by atoms with E-state index in [-0.39, 0.29) is 6.85 Å². The number of hydrogen-bond donors (Lipinski definition) is 0. The molecule has 0 fully saturated rings. The van der Waals surface area contributed by atoms with Crippen LogP contribution < -0.4 is 20.8 Å². The topological polar surface area (TPSA) is 24.6 Å². The Kier molecular flexibility index (Phi) is 8.09. The van der Waals surface area contributed by atoms with E-state index in [4.69, 9.17) is 4.42 Å². The van der Waals surface area contributed by atoms with E-state index < -0.39 is 0 Å². The summed E-state index contributed by atoms with van der Waals surface area (Å²) in [5, 5.41) is 3.60. The van der Waals surface area contributed by atoms with Crippen molar-refractivity contribution in [2.75, 3.05) is 9.71 Å². The molecule has 10 aromatic rings. The maximum absolute atomic E-state index is 7.33. The molecule has 0 aliphatic carbocycles. The Morgan fingerprint density at radius 3 is 2.00 bits per heavy atom. The number of furan rings is 1. The Balaban J connectivity index is 1.19. The van der Waals surface area contributed by atoms with Crippen LogP contribution in [0.3, 0.4) is 0 Å². The number of fused-ring (bicyclic) bond motifs is 10. The van der Waals surface area contributed by atoms with Gasteiger partial charge in [-0.05, 0) is 113 Å². The van der Waals surface area contributed by atoms with Gasteiger partial charge in [0.05, 0.1) is 16.7 Å². The predicted molar refractivity (Wildman–Crippen MR) is 253 cm³/mol. The number of benzene rings is 8. The van der Waals surface area contributed by atoms with E-state index in [9.17, 15) is 0 Å². The van der Waals surface area contributed by atoms with Crippen LogP contribution in [0.5, 0.6) is 0 Å². The fourth-order valence-corrected chi connectivity index (χ4v) is 10.1. The number of aryl methyl sites for hydroxylation is 1. The molecule has 0 spiro atoms. The molecule has 12 rings (SSSR count). The van der Waals surface area contributed by atoms with Crippen LogP contribution in [0, 0.1) is 0 Å². The molecule has 60 heavy (non-hydrogen) atoms. The molecule has 0 atom stereocenters. The summed E-state index contributed by atoms with van der Waals surface area (Å²) in [4.78, 5) is 4.90. The maximum Gasteiger partial charge on any atom is 0.375 e. The van der Waals surface area contributed by atoms with Gasteiger partial charge in [-0.1, -0.05) is 135 Å². The Morgan fingerprint density at radius 2 is 1.25 bits per heavy atom. The Hall–Kier alpha value is -7.24. The molecule has 0 N–H and O–H groups in total. The molecule has 5 heteroatoms. The molecule has 4 nitrogen and oxygen atoms in total. The van der Waals surface area contributed by atoms with Crippen molar-refractivity contribution < 1.29 is 4.42 Å². The maximum atomic E-state index is 7.33. The summed E-state index contributed by atoms with van der Waals surface area (Å²) in [5.74, 6) is 0. The smallest absolute Gasteiger partial charge is 0.375 e. The van der Waals surface area contributed by atoms with Crippen LogP contribution in [-0.2, 0) is 6.42 Å². The Morgan fingerprint density at radius 1 is 0.567 bits per heavy atom. The summed E-state index contributed by atoms with van der Waals surface area (Å²) in [6, 6.07) is 68.7. The highest BCUT2D eigenvalue weighted by atomic mass is 16.3. The first kappa shape index (κ1) is 34.8. The average molecular weight is 772 g/mol. The normalized spacial score (nSPS) is 12.6. The van der Waals surface area contributed by atoms with Crippen molar-refractivity contribution in [1.29, 1.82) is 0 Å².